The van der Waals surface area contributed by atoms with E-state index in [0.717, 1.165) is 24.9 Å². The van der Waals surface area contributed by atoms with Gasteiger partial charge in [-0.2, -0.15) is 17.9 Å². The molecule has 0 aliphatic carbocycles. The molecule has 176 valence electrons. The van der Waals surface area contributed by atoms with Crippen LogP contribution in [0.3, 0.4) is 0 Å². The molecule has 0 saturated carbocycles. The van der Waals surface area contributed by atoms with E-state index in [-0.39, 0.29) is 24.4 Å². The number of hydrogen-bond donors (Lipinski definition) is 0. The van der Waals surface area contributed by atoms with Crippen LogP contribution in [0.1, 0.15) is 44.7 Å². The molecule has 2 heterocycles. The Labute approximate surface area is 195 Å². The third-order valence-corrected chi connectivity index (χ3v) is 7.27. The lowest BCUT2D eigenvalue weighted by Gasteiger charge is -2.28. The Morgan fingerprint density at radius 3 is 2.59 bits per heavy atom. The molecule has 1 aromatic heterocycles. The summed E-state index contributed by atoms with van der Waals surface area (Å²) in [6, 6.07) is 5.45. The van der Waals surface area contributed by atoms with Crippen molar-refractivity contribution in [3.8, 4) is 0 Å². The van der Waals surface area contributed by atoms with E-state index in [4.69, 9.17) is 11.6 Å². The molecule has 0 spiro atoms. The lowest BCUT2D eigenvalue weighted by Crippen LogP contribution is -2.42. The molecular weight excluding hydrogens is 450 g/mol. The van der Waals surface area contributed by atoms with Crippen LogP contribution in [0, 0.1) is 0 Å². The van der Waals surface area contributed by atoms with E-state index in [2.05, 4.69) is 14.4 Å². The van der Waals surface area contributed by atoms with Crippen molar-refractivity contribution in [2.75, 3.05) is 24.4 Å². The van der Waals surface area contributed by atoms with Crippen LogP contribution < -0.4 is 9.41 Å². The molecular formula is C22H31ClN5O3S-. The van der Waals surface area contributed by atoms with Gasteiger partial charge in [-0.25, -0.2) is 4.31 Å². The normalized spacial score (nSPS) is 18.3. The fourth-order valence-electron chi connectivity index (χ4n) is 3.84. The number of rotatable bonds is 7. The number of aromatic nitrogens is 2. The highest BCUT2D eigenvalue weighted by Gasteiger charge is 2.30. The highest BCUT2D eigenvalue weighted by molar-refractivity contribution is 7.91. The van der Waals surface area contributed by atoms with Gasteiger partial charge in [0.05, 0.1) is 18.4 Å². The zero-order valence-corrected chi connectivity index (χ0v) is 20.8. The van der Waals surface area contributed by atoms with Gasteiger partial charge < -0.3 is 10.0 Å². The second kappa shape index (κ2) is 9.41. The van der Waals surface area contributed by atoms with Gasteiger partial charge in [-0.15, -0.1) is 0 Å². The summed E-state index contributed by atoms with van der Waals surface area (Å²) in [6.45, 7) is 7.26. The van der Waals surface area contributed by atoms with Crippen LogP contribution in [0.25, 0.3) is 0 Å². The van der Waals surface area contributed by atoms with Crippen LogP contribution in [0.15, 0.2) is 35.0 Å². The second-order valence-corrected chi connectivity index (χ2v) is 11.4. The van der Waals surface area contributed by atoms with Crippen molar-refractivity contribution in [2.45, 2.75) is 51.5 Å². The summed E-state index contributed by atoms with van der Waals surface area (Å²) in [4.78, 5) is 2.13. The maximum absolute atomic E-state index is 13.2. The van der Waals surface area contributed by atoms with Crippen LogP contribution in [0.5, 0.6) is 0 Å². The fourth-order valence-corrected chi connectivity index (χ4v) is 5.24. The van der Waals surface area contributed by atoms with Crippen molar-refractivity contribution in [1.82, 2.24) is 14.7 Å². The average molecular weight is 481 g/mol. The molecule has 0 amide bonds. The summed E-state index contributed by atoms with van der Waals surface area (Å²) in [5.74, 6) is -0.735. The van der Waals surface area contributed by atoms with E-state index in [1.165, 1.54) is 15.2 Å². The number of aryl methyl sites for hydroxylation is 1. The van der Waals surface area contributed by atoms with Crippen LogP contribution in [-0.4, -0.2) is 55.2 Å². The van der Waals surface area contributed by atoms with Gasteiger partial charge in [0.25, 0.3) is 0 Å². The van der Waals surface area contributed by atoms with Crippen LogP contribution in [0.2, 0.25) is 5.02 Å². The van der Waals surface area contributed by atoms with Gasteiger partial charge in [0, 0.05) is 30.7 Å². The minimum absolute atomic E-state index is 0.0533. The molecule has 2 aromatic rings. The Hall–Kier alpha value is -2.10. The number of nitrogens with zero attached hydrogens (tertiary/aromatic N) is 5. The molecule has 0 radical (unpaired) electrons. The Morgan fingerprint density at radius 2 is 2.03 bits per heavy atom. The van der Waals surface area contributed by atoms with Crippen molar-refractivity contribution >= 4 is 33.4 Å². The van der Waals surface area contributed by atoms with Gasteiger partial charge in [0.1, 0.15) is 0 Å². The molecule has 1 aliphatic heterocycles. The van der Waals surface area contributed by atoms with Crippen LogP contribution in [-0.2, 0) is 29.1 Å². The number of halogens is 1. The Balaban J connectivity index is 1.88. The summed E-state index contributed by atoms with van der Waals surface area (Å²) in [5.41, 5.74) is 1.84. The number of anilines is 1. The lowest BCUT2D eigenvalue weighted by molar-refractivity contribution is -0.217. The first-order valence-electron chi connectivity index (χ1n) is 10.6. The van der Waals surface area contributed by atoms with Gasteiger partial charge in [0.2, 0.25) is 0 Å². The molecule has 0 N–H and O–H groups in total. The molecule has 10 heteroatoms. The number of likely N-dealkylation sites (tertiary alicyclic amines) is 1. The molecule has 0 bridgehead atoms. The van der Waals surface area contributed by atoms with E-state index >= 15 is 0 Å². The zero-order valence-electron chi connectivity index (χ0n) is 19.2. The highest BCUT2D eigenvalue weighted by atomic mass is 35.5. The number of likely N-dealkylation sites (N-methyl/N-ethyl adjacent to an activating group) is 1. The smallest absolute Gasteiger partial charge is 0.343 e. The molecule has 8 nitrogen and oxygen atoms in total. The Morgan fingerprint density at radius 1 is 1.31 bits per heavy atom. The maximum Gasteiger partial charge on any atom is 0.343 e. The summed E-state index contributed by atoms with van der Waals surface area (Å²) < 4.78 is 32.7. The molecule has 1 saturated heterocycles. The Bertz CT molecular complexity index is 1090. The summed E-state index contributed by atoms with van der Waals surface area (Å²) in [6.07, 6.45) is 4.82. The summed E-state index contributed by atoms with van der Waals surface area (Å²) in [5, 5.41) is 17.3. The van der Waals surface area contributed by atoms with Crippen molar-refractivity contribution in [3.05, 3.63) is 46.7 Å². The minimum atomic E-state index is -4.25. The van der Waals surface area contributed by atoms with E-state index in [1.807, 2.05) is 40.0 Å². The first kappa shape index (κ1) is 24.5. The van der Waals surface area contributed by atoms with E-state index in [0.29, 0.717) is 16.3 Å². The second-order valence-electron chi connectivity index (χ2n) is 9.42. The van der Waals surface area contributed by atoms with Crippen LogP contribution in [0.4, 0.5) is 5.69 Å². The van der Waals surface area contributed by atoms with Crippen molar-refractivity contribution < 1.29 is 13.5 Å². The van der Waals surface area contributed by atoms with Crippen molar-refractivity contribution in [2.24, 2.45) is 11.4 Å². The first-order valence-corrected chi connectivity index (χ1v) is 12.4. The average Bonchev–Trinajstić information content (AvgIpc) is 3.25. The number of hydrogen-bond acceptors (Lipinski definition) is 5. The number of benzene rings is 1. The molecule has 32 heavy (non-hydrogen) atoms. The van der Waals surface area contributed by atoms with Crippen molar-refractivity contribution in [1.29, 1.82) is 0 Å². The molecule has 1 atom stereocenters. The third kappa shape index (κ3) is 6.02. The largest absolute Gasteiger partial charge is 0.861 e. The quantitative estimate of drug-likeness (QED) is 0.448. The zero-order chi connectivity index (χ0) is 23.7. The summed E-state index contributed by atoms with van der Waals surface area (Å²) >= 11 is 6.23. The van der Waals surface area contributed by atoms with Gasteiger partial charge in [-0.05, 0) is 61.0 Å². The van der Waals surface area contributed by atoms with Gasteiger partial charge in [-0.3, -0.25) is 4.68 Å². The van der Waals surface area contributed by atoms with E-state index < -0.39 is 16.1 Å². The standard InChI is InChI=1S/C22H32ClN5O3S/c1-22(2,3)17-9-16(10-18(23)12-17)11-21(29)25-32(30,31)28(20-13-24-27(5)14-20)15-19-7-6-8-26(19)4/h9-10,12-14,19H,6-8,11,15H2,1-5H3,(H,25,29)/p-1/t19-/m0/s1. The van der Waals surface area contributed by atoms with Gasteiger partial charge in [-0.1, -0.05) is 38.4 Å². The predicted molar refractivity (Wildman–Crippen MR) is 126 cm³/mol. The first-order chi connectivity index (χ1) is 14.8. The fraction of sp³-hybridized carbons (Fsp3) is 0.545. The molecule has 1 aliphatic rings. The van der Waals surface area contributed by atoms with E-state index in [9.17, 15) is 13.5 Å². The SMILES string of the molecule is CN1CCC[C@H]1CN(c1cnn(C)c1)S(=O)(=O)/N=C(\[O-])Cc1cc(Cl)cc(C(C)(C)C)c1. The topological polar surface area (TPSA) is 93.9 Å². The summed E-state index contributed by atoms with van der Waals surface area (Å²) in [7, 11) is -0.560. The third-order valence-electron chi connectivity index (χ3n) is 5.70. The van der Waals surface area contributed by atoms with Crippen LogP contribution >= 0.6 is 11.6 Å². The molecule has 3 rings (SSSR count). The molecule has 1 fully saturated rings. The molecule has 0 unspecified atom stereocenters. The minimum Gasteiger partial charge on any atom is -0.861 e. The monoisotopic (exact) mass is 480 g/mol. The maximum atomic E-state index is 13.2. The Kier molecular flexibility index (Phi) is 7.21. The van der Waals surface area contributed by atoms with E-state index in [1.54, 1.807) is 19.3 Å². The van der Waals surface area contributed by atoms with Crippen molar-refractivity contribution in [3.63, 3.8) is 0 Å². The molecule has 1 aromatic carbocycles. The predicted octanol–water partition coefficient (Wildman–Crippen LogP) is 2.52. The van der Waals surface area contributed by atoms with Gasteiger partial charge in [0.15, 0.2) is 0 Å². The highest BCUT2D eigenvalue weighted by Crippen LogP contribution is 2.27. The van der Waals surface area contributed by atoms with Gasteiger partial charge >= 0.3 is 10.2 Å². The lowest BCUT2D eigenvalue weighted by atomic mass is 9.86.